The summed E-state index contributed by atoms with van der Waals surface area (Å²) in [7, 11) is 0. The third-order valence-electron chi connectivity index (χ3n) is 2.86. The number of anilines is 1. The first-order chi connectivity index (χ1) is 7.66. The van der Waals surface area contributed by atoms with Gasteiger partial charge in [0.05, 0.1) is 6.20 Å². The predicted molar refractivity (Wildman–Crippen MR) is 60.9 cm³/mol. The van der Waals surface area contributed by atoms with Crippen LogP contribution >= 0.6 is 11.6 Å². The number of aromatic nitrogens is 2. The maximum absolute atomic E-state index is 13.4. The highest BCUT2D eigenvalue weighted by molar-refractivity contribution is 6.28. The van der Waals surface area contributed by atoms with E-state index in [9.17, 15) is 4.39 Å². The molecule has 0 unspecified atom stereocenters. The van der Waals surface area contributed by atoms with Crippen LogP contribution in [0, 0.1) is 5.82 Å². The lowest BCUT2D eigenvalue weighted by Gasteiger charge is -2.29. The second-order valence-electron chi connectivity index (χ2n) is 4.03. The molecule has 88 valence electrons. The van der Waals surface area contributed by atoms with E-state index in [-0.39, 0.29) is 23.2 Å². The summed E-state index contributed by atoms with van der Waals surface area (Å²) < 4.78 is 13.4. The summed E-state index contributed by atoms with van der Waals surface area (Å²) >= 11 is 5.61. The fraction of sp³-hybridized carbons (Fsp3) is 0.600. The van der Waals surface area contributed by atoms with Gasteiger partial charge in [0.25, 0.3) is 0 Å². The minimum Gasteiger partial charge on any atom is -0.363 e. The van der Waals surface area contributed by atoms with Crippen LogP contribution < -0.4 is 11.1 Å². The van der Waals surface area contributed by atoms with Gasteiger partial charge in [0.1, 0.15) is 0 Å². The van der Waals surface area contributed by atoms with E-state index in [1.54, 1.807) is 0 Å². The number of nitrogens with one attached hydrogen (secondary N) is 1. The highest BCUT2D eigenvalue weighted by atomic mass is 35.5. The van der Waals surface area contributed by atoms with Gasteiger partial charge in [-0.2, -0.15) is 4.98 Å². The van der Waals surface area contributed by atoms with Crippen molar-refractivity contribution in [2.24, 2.45) is 5.73 Å². The first kappa shape index (κ1) is 11.5. The van der Waals surface area contributed by atoms with Crippen LogP contribution in [-0.2, 0) is 0 Å². The molecule has 1 aromatic heterocycles. The van der Waals surface area contributed by atoms with Crippen molar-refractivity contribution in [3.8, 4) is 0 Å². The summed E-state index contributed by atoms with van der Waals surface area (Å²) in [5.41, 5.74) is 5.95. The Morgan fingerprint density at radius 2 is 2.19 bits per heavy atom. The summed E-state index contributed by atoms with van der Waals surface area (Å²) in [5.74, 6) is -0.357. The fourth-order valence-corrected chi connectivity index (χ4v) is 2.09. The van der Waals surface area contributed by atoms with Crippen molar-refractivity contribution in [2.45, 2.75) is 37.8 Å². The molecule has 1 heterocycles. The van der Waals surface area contributed by atoms with Crippen molar-refractivity contribution in [2.75, 3.05) is 5.32 Å². The van der Waals surface area contributed by atoms with Gasteiger partial charge in [0.2, 0.25) is 5.28 Å². The first-order valence-corrected chi connectivity index (χ1v) is 5.75. The molecule has 0 radical (unpaired) electrons. The third kappa shape index (κ3) is 2.59. The van der Waals surface area contributed by atoms with Gasteiger partial charge in [0.15, 0.2) is 11.6 Å². The Labute approximate surface area is 98.4 Å². The molecular weight excluding hydrogens is 231 g/mol. The average molecular weight is 245 g/mol. The van der Waals surface area contributed by atoms with E-state index in [0.717, 1.165) is 31.9 Å². The molecule has 0 aliphatic heterocycles. The van der Waals surface area contributed by atoms with Gasteiger partial charge >= 0.3 is 0 Å². The van der Waals surface area contributed by atoms with Crippen LogP contribution in [0.5, 0.6) is 0 Å². The maximum Gasteiger partial charge on any atom is 0.224 e. The zero-order valence-electron chi connectivity index (χ0n) is 8.79. The largest absolute Gasteiger partial charge is 0.363 e. The van der Waals surface area contributed by atoms with Crippen molar-refractivity contribution in [3.63, 3.8) is 0 Å². The van der Waals surface area contributed by atoms with Gasteiger partial charge in [-0.05, 0) is 24.4 Å². The van der Waals surface area contributed by atoms with Crippen LogP contribution in [0.15, 0.2) is 6.20 Å². The van der Waals surface area contributed by atoms with Gasteiger partial charge < -0.3 is 11.1 Å². The predicted octanol–water partition coefficient (Wildman–Crippen LogP) is 1.95. The SMILES string of the molecule is N[C@H]1CCCC[C@H]1Nc1nc(Cl)ncc1F. The number of rotatable bonds is 2. The quantitative estimate of drug-likeness (QED) is 0.781. The molecule has 4 nitrogen and oxygen atoms in total. The highest BCUT2D eigenvalue weighted by Crippen LogP contribution is 2.21. The lowest BCUT2D eigenvalue weighted by atomic mass is 9.91. The molecule has 1 aliphatic rings. The van der Waals surface area contributed by atoms with Crippen LogP contribution in [0.4, 0.5) is 10.2 Å². The molecule has 3 N–H and O–H groups in total. The standard InChI is InChI=1S/C10H14ClFN4/c11-10-14-5-6(12)9(16-10)15-8-4-2-1-3-7(8)13/h5,7-8H,1-4,13H2,(H,14,15,16)/t7-,8+/m0/s1. The van der Waals surface area contributed by atoms with Crippen LogP contribution in [0.2, 0.25) is 5.28 Å². The van der Waals surface area contributed by atoms with E-state index in [2.05, 4.69) is 15.3 Å². The summed E-state index contributed by atoms with van der Waals surface area (Å²) in [6, 6.07) is 0.108. The molecule has 0 bridgehead atoms. The molecule has 2 atom stereocenters. The van der Waals surface area contributed by atoms with E-state index < -0.39 is 5.82 Å². The normalized spacial score (nSPS) is 25.4. The Balaban J connectivity index is 2.10. The Hall–Kier alpha value is -0.940. The van der Waals surface area contributed by atoms with Crippen molar-refractivity contribution < 1.29 is 4.39 Å². The minimum atomic E-state index is -0.498. The molecule has 0 saturated heterocycles. The van der Waals surface area contributed by atoms with E-state index in [0.29, 0.717) is 0 Å². The summed E-state index contributed by atoms with van der Waals surface area (Å²) in [6.07, 6.45) is 5.19. The summed E-state index contributed by atoms with van der Waals surface area (Å²) in [6.45, 7) is 0. The minimum absolute atomic E-state index is 0.0354. The topological polar surface area (TPSA) is 63.8 Å². The molecule has 6 heteroatoms. The molecule has 1 aromatic rings. The van der Waals surface area contributed by atoms with E-state index >= 15 is 0 Å². The zero-order valence-corrected chi connectivity index (χ0v) is 9.54. The van der Waals surface area contributed by atoms with Crippen molar-refractivity contribution in [3.05, 3.63) is 17.3 Å². The Morgan fingerprint density at radius 3 is 2.94 bits per heavy atom. The van der Waals surface area contributed by atoms with E-state index in [1.807, 2.05) is 0 Å². The lowest BCUT2D eigenvalue weighted by molar-refractivity contribution is 0.401. The van der Waals surface area contributed by atoms with Gasteiger partial charge in [-0.3, -0.25) is 0 Å². The van der Waals surface area contributed by atoms with E-state index in [1.165, 1.54) is 0 Å². The lowest BCUT2D eigenvalue weighted by Crippen LogP contribution is -2.43. The molecule has 0 aromatic carbocycles. The molecule has 1 fully saturated rings. The molecule has 0 spiro atoms. The van der Waals surface area contributed by atoms with Crippen LogP contribution in [-0.4, -0.2) is 22.1 Å². The molecule has 0 amide bonds. The van der Waals surface area contributed by atoms with Crippen LogP contribution in [0.3, 0.4) is 0 Å². The summed E-state index contributed by atoms with van der Waals surface area (Å²) in [4.78, 5) is 7.37. The number of hydrogen-bond donors (Lipinski definition) is 2. The molecule has 1 aliphatic carbocycles. The van der Waals surface area contributed by atoms with Crippen molar-refractivity contribution in [1.82, 2.24) is 9.97 Å². The maximum atomic E-state index is 13.4. The molecule has 1 saturated carbocycles. The van der Waals surface area contributed by atoms with Crippen LogP contribution in [0.1, 0.15) is 25.7 Å². The van der Waals surface area contributed by atoms with Gasteiger partial charge in [-0.1, -0.05) is 12.8 Å². The number of nitrogens with zero attached hydrogens (tertiary/aromatic N) is 2. The Morgan fingerprint density at radius 1 is 1.44 bits per heavy atom. The van der Waals surface area contributed by atoms with Crippen molar-refractivity contribution >= 4 is 17.4 Å². The summed E-state index contributed by atoms with van der Waals surface area (Å²) in [5, 5.41) is 3.04. The average Bonchev–Trinajstić information content (AvgIpc) is 2.27. The Bertz CT molecular complexity index is 374. The second-order valence-corrected chi connectivity index (χ2v) is 4.37. The van der Waals surface area contributed by atoms with Crippen LogP contribution in [0.25, 0.3) is 0 Å². The van der Waals surface area contributed by atoms with Gasteiger partial charge in [0, 0.05) is 12.1 Å². The monoisotopic (exact) mass is 244 g/mol. The molecular formula is C10H14ClFN4. The molecule has 2 rings (SSSR count). The second kappa shape index (κ2) is 4.93. The molecule has 16 heavy (non-hydrogen) atoms. The smallest absolute Gasteiger partial charge is 0.224 e. The highest BCUT2D eigenvalue weighted by Gasteiger charge is 2.23. The van der Waals surface area contributed by atoms with Gasteiger partial charge in [-0.15, -0.1) is 0 Å². The van der Waals surface area contributed by atoms with Crippen molar-refractivity contribution in [1.29, 1.82) is 0 Å². The van der Waals surface area contributed by atoms with E-state index in [4.69, 9.17) is 17.3 Å². The zero-order chi connectivity index (χ0) is 11.5. The van der Waals surface area contributed by atoms with Gasteiger partial charge in [-0.25, -0.2) is 9.37 Å². The number of hydrogen-bond acceptors (Lipinski definition) is 4. The fourth-order valence-electron chi connectivity index (χ4n) is 1.96. The number of nitrogens with two attached hydrogens (primary N) is 1. The Kier molecular flexibility index (Phi) is 3.56. The number of halogens is 2. The third-order valence-corrected chi connectivity index (χ3v) is 3.04. The first-order valence-electron chi connectivity index (χ1n) is 5.37.